The molecule has 0 fully saturated rings. The van der Waals surface area contributed by atoms with Gasteiger partial charge in [-0.15, -0.1) is 0 Å². The number of amides is 3. The Morgan fingerprint density at radius 1 is 1.03 bits per heavy atom. The van der Waals surface area contributed by atoms with Crippen molar-refractivity contribution in [3.05, 3.63) is 64.7 Å². The van der Waals surface area contributed by atoms with Crippen molar-refractivity contribution >= 4 is 27.7 Å². The Balaban J connectivity index is 1.71. The molecule has 2 N–H and O–H groups in total. The van der Waals surface area contributed by atoms with Crippen molar-refractivity contribution in [2.24, 2.45) is 0 Å². The quantitative estimate of drug-likeness (QED) is 0.695. The number of fused-ring (bicyclic) bond motifs is 1. The minimum atomic E-state index is -3.89. The van der Waals surface area contributed by atoms with Crippen LogP contribution < -0.4 is 10.0 Å². The third-order valence-electron chi connectivity index (χ3n) is 4.78. The van der Waals surface area contributed by atoms with Gasteiger partial charge in [0.1, 0.15) is 0 Å². The van der Waals surface area contributed by atoms with Crippen LogP contribution in [0, 0.1) is 0 Å². The number of nitrogens with zero attached hydrogens (tertiary/aromatic N) is 1. The van der Waals surface area contributed by atoms with Gasteiger partial charge in [-0.3, -0.25) is 19.7 Å². The van der Waals surface area contributed by atoms with Gasteiger partial charge in [-0.05, 0) is 49.7 Å². The van der Waals surface area contributed by atoms with Crippen molar-refractivity contribution in [1.29, 1.82) is 0 Å². The first kappa shape index (κ1) is 20.7. The van der Waals surface area contributed by atoms with Crippen molar-refractivity contribution in [2.45, 2.75) is 31.3 Å². The second kappa shape index (κ2) is 7.76. The number of imide groups is 1. The first-order valence-corrected chi connectivity index (χ1v) is 10.4. The van der Waals surface area contributed by atoms with E-state index >= 15 is 0 Å². The fraction of sp³-hybridized carbons (Fsp3) is 0.250. The average molecular weight is 415 g/mol. The topological polar surface area (TPSA) is 113 Å². The van der Waals surface area contributed by atoms with E-state index in [2.05, 4.69) is 10.0 Å². The molecule has 152 valence electrons. The monoisotopic (exact) mass is 415 g/mol. The molecule has 0 unspecified atom stereocenters. The van der Waals surface area contributed by atoms with Gasteiger partial charge in [0.05, 0.1) is 16.0 Å². The van der Waals surface area contributed by atoms with Crippen molar-refractivity contribution in [1.82, 2.24) is 14.9 Å². The van der Waals surface area contributed by atoms with E-state index in [0.717, 1.165) is 0 Å². The lowest BCUT2D eigenvalue weighted by Crippen LogP contribution is -2.32. The Labute approximate surface area is 169 Å². The molecule has 29 heavy (non-hydrogen) atoms. The number of hydrogen-bond donors (Lipinski definition) is 2. The number of rotatable bonds is 6. The molecule has 0 radical (unpaired) electrons. The highest BCUT2D eigenvalue weighted by atomic mass is 32.2. The summed E-state index contributed by atoms with van der Waals surface area (Å²) in [7, 11) is -2.17. The fourth-order valence-corrected chi connectivity index (χ4v) is 3.82. The lowest BCUT2D eigenvalue weighted by atomic mass is 10.1. The smallest absolute Gasteiger partial charge is 0.258 e. The second-order valence-electron chi connectivity index (χ2n) is 7.02. The van der Waals surface area contributed by atoms with E-state index in [1.54, 1.807) is 36.2 Å². The molecule has 0 aromatic heterocycles. The Morgan fingerprint density at radius 2 is 1.66 bits per heavy atom. The minimum absolute atomic E-state index is 0.0129. The fourth-order valence-electron chi connectivity index (χ4n) is 2.78. The van der Waals surface area contributed by atoms with Crippen LogP contribution in [-0.2, 0) is 16.6 Å². The molecule has 1 heterocycles. The SMILES string of the molecule is CC(C)N(C)C(=O)c1ccc(CNS(=O)(=O)c2ccc3c(c2)C(=O)NC3=O)cc1. The van der Waals surface area contributed by atoms with E-state index in [4.69, 9.17) is 0 Å². The van der Waals surface area contributed by atoms with E-state index in [9.17, 15) is 22.8 Å². The maximum Gasteiger partial charge on any atom is 0.258 e. The molecule has 0 spiro atoms. The van der Waals surface area contributed by atoms with Gasteiger partial charge in [0, 0.05) is 25.2 Å². The van der Waals surface area contributed by atoms with E-state index in [0.29, 0.717) is 11.1 Å². The maximum atomic E-state index is 12.5. The number of carbonyl (C=O) groups excluding carboxylic acids is 3. The van der Waals surface area contributed by atoms with Gasteiger partial charge in [-0.25, -0.2) is 13.1 Å². The van der Waals surface area contributed by atoms with Gasteiger partial charge < -0.3 is 4.90 Å². The molecule has 0 saturated heterocycles. The maximum absolute atomic E-state index is 12.5. The summed E-state index contributed by atoms with van der Waals surface area (Å²) < 4.78 is 27.5. The molecule has 9 heteroatoms. The molecule has 0 aliphatic carbocycles. The zero-order chi connectivity index (χ0) is 21.3. The molecule has 0 saturated carbocycles. The van der Waals surface area contributed by atoms with Gasteiger partial charge in [0.2, 0.25) is 10.0 Å². The van der Waals surface area contributed by atoms with Crippen LogP contribution >= 0.6 is 0 Å². The van der Waals surface area contributed by atoms with Crippen molar-refractivity contribution in [3.8, 4) is 0 Å². The summed E-state index contributed by atoms with van der Waals surface area (Å²) in [6, 6.07) is 10.5. The summed E-state index contributed by atoms with van der Waals surface area (Å²) in [6.45, 7) is 3.85. The second-order valence-corrected chi connectivity index (χ2v) is 8.79. The van der Waals surface area contributed by atoms with Crippen LogP contribution in [0.5, 0.6) is 0 Å². The molecule has 3 rings (SSSR count). The first-order valence-electron chi connectivity index (χ1n) is 8.95. The molecule has 0 bridgehead atoms. The normalized spacial score (nSPS) is 13.4. The summed E-state index contributed by atoms with van der Waals surface area (Å²) in [4.78, 5) is 37.1. The van der Waals surface area contributed by atoms with Gasteiger partial charge in [-0.2, -0.15) is 0 Å². The van der Waals surface area contributed by atoms with Gasteiger partial charge in [0.15, 0.2) is 0 Å². The van der Waals surface area contributed by atoms with Crippen LogP contribution in [-0.4, -0.2) is 44.1 Å². The standard InChI is InChI=1S/C20H21N3O5S/c1-12(2)23(3)20(26)14-6-4-13(5-7-14)11-21-29(27,28)15-8-9-16-17(10-15)19(25)22-18(16)24/h4-10,12,21H,11H2,1-3H3,(H,22,24,25). The Bertz CT molecular complexity index is 1090. The van der Waals surface area contributed by atoms with Crippen molar-refractivity contribution in [3.63, 3.8) is 0 Å². The number of carbonyl (C=O) groups is 3. The van der Waals surface area contributed by atoms with Crippen molar-refractivity contribution in [2.75, 3.05) is 7.05 Å². The Kier molecular flexibility index (Phi) is 5.54. The van der Waals surface area contributed by atoms with Gasteiger partial charge in [-0.1, -0.05) is 12.1 Å². The molecule has 3 amide bonds. The largest absolute Gasteiger partial charge is 0.339 e. The highest BCUT2D eigenvalue weighted by Crippen LogP contribution is 2.20. The van der Waals surface area contributed by atoms with E-state index in [1.165, 1.54) is 18.2 Å². The zero-order valence-electron chi connectivity index (χ0n) is 16.2. The summed E-state index contributed by atoms with van der Waals surface area (Å²) in [6.07, 6.45) is 0. The third-order valence-corrected chi connectivity index (χ3v) is 6.18. The summed E-state index contributed by atoms with van der Waals surface area (Å²) in [5.41, 5.74) is 1.38. The van der Waals surface area contributed by atoms with Crippen LogP contribution in [0.1, 0.15) is 50.5 Å². The Hall–Kier alpha value is -3.04. The predicted octanol–water partition coefficient (Wildman–Crippen LogP) is 1.53. The average Bonchev–Trinajstić information content (AvgIpc) is 2.99. The van der Waals surface area contributed by atoms with Gasteiger partial charge >= 0.3 is 0 Å². The van der Waals surface area contributed by atoms with Crippen LogP contribution in [0.2, 0.25) is 0 Å². The van der Waals surface area contributed by atoms with Crippen LogP contribution in [0.25, 0.3) is 0 Å². The number of sulfonamides is 1. The molecule has 2 aromatic carbocycles. The van der Waals surface area contributed by atoms with E-state index in [1.807, 2.05) is 13.8 Å². The van der Waals surface area contributed by atoms with Crippen LogP contribution in [0.4, 0.5) is 0 Å². The third kappa shape index (κ3) is 4.20. The first-order chi connectivity index (χ1) is 13.6. The molecule has 1 aliphatic rings. The molecule has 2 aromatic rings. The molecule has 1 aliphatic heterocycles. The van der Waals surface area contributed by atoms with E-state index in [-0.39, 0.29) is 34.5 Å². The number of benzene rings is 2. The minimum Gasteiger partial charge on any atom is -0.339 e. The van der Waals surface area contributed by atoms with Crippen molar-refractivity contribution < 1.29 is 22.8 Å². The number of hydrogen-bond acceptors (Lipinski definition) is 5. The van der Waals surface area contributed by atoms with Crippen LogP contribution in [0.3, 0.4) is 0 Å². The lowest BCUT2D eigenvalue weighted by molar-refractivity contribution is 0.0754. The predicted molar refractivity (Wildman–Crippen MR) is 106 cm³/mol. The molecular formula is C20H21N3O5S. The molecule has 8 nitrogen and oxygen atoms in total. The Morgan fingerprint density at radius 3 is 2.28 bits per heavy atom. The number of nitrogens with one attached hydrogen (secondary N) is 2. The van der Waals surface area contributed by atoms with Crippen LogP contribution in [0.15, 0.2) is 47.4 Å². The summed E-state index contributed by atoms with van der Waals surface area (Å²) in [5, 5.41) is 2.12. The highest BCUT2D eigenvalue weighted by molar-refractivity contribution is 7.89. The summed E-state index contributed by atoms with van der Waals surface area (Å²) in [5.74, 6) is -1.27. The zero-order valence-corrected chi connectivity index (χ0v) is 17.0. The van der Waals surface area contributed by atoms with Gasteiger partial charge in [0.25, 0.3) is 17.7 Å². The van der Waals surface area contributed by atoms with E-state index < -0.39 is 21.8 Å². The molecular weight excluding hydrogens is 394 g/mol. The molecule has 0 atom stereocenters. The summed E-state index contributed by atoms with van der Waals surface area (Å²) >= 11 is 0. The lowest BCUT2D eigenvalue weighted by Gasteiger charge is -2.21. The highest BCUT2D eigenvalue weighted by Gasteiger charge is 2.28.